The molecule has 0 radical (unpaired) electrons. The third-order valence-corrected chi connectivity index (χ3v) is 5.51. The Morgan fingerprint density at radius 1 is 0.778 bits per heavy atom. The van der Waals surface area contributed by atoms with E-state index in [1.165, 1.54) is 48.5 Å². The molecule has 1 aliphatic rings. The van der Waals surface area contributed by atoms with Gasteiger partial charge in [0.15, 0.2) is 12.4 Å². The standard InChI is InChI=1S/C26H24O10/c1-2-19(27)15-33-26(32)36-22-9-7-18(8-10-22)25(31)35-21-13-11-20(12-14-21)34-24(30)17-5-3-16(4-6-17)23(28)29/h2,7-14,16-17H,1,3-6,15H2,(H,28,29). The molecule has 0 amide bonds. The molecule has 3 rings (SSSR count). The zero-order chi connectivity index (χ0) is 26.1. The van der Waals surface area contributed by atoms with Gasteiger partial charge in [0, 0.05) is 0 Å². The van der Waals surface area contributed by atoms with Gasteiger partial charge in [-0.2, -0.15) is 0 Å². The number of hydrogen-bond acceptors (Lipinski definition) is 9. The minimum Gasteiger partial charge on any atom is -0.481 e. The highest BCUT2D eigenvalue weighted by Crippen LogP contribution is 2.30. The van der Waals surface area contributed by atoms with E-state index < -0.39 is 42.4 Å². The van der Waals surface area contributed by atoms with E-state index in [4.69, 9.17) is 19.3 Å². The Labute approximate surface area is 206 Å². The van der Waals surface area contributed by atoms with E-state index in [2.05, 4.69) is 11.3 Å². The lowest BCUT2D eigenvalue weighted by molar-refractivity contribution is -0.146. The van der Waals surface area contributed by atoms with E-state index in [0.29, 0.717) is 25.7 Å². The van der Waals surface area contributed by atoms with E-state index in [-0.39, 0.29) is 28.7 Å². The highest BCUT2D eigenvalue weighted by molar-refractivity contribution is 5.92. The summed E-state index contributed by atoms with van der Waals surface area (Å²) in [5, 5.41) is 9.06. The lowest BCUT2D eigenvalue weighted by atomic mass is 9.82. The Kier molecular flexibility index (Phi) is 8.93. The number of ether oxygens (including phenoxy) is 4. The smallest absolute Gasteiger partial charge is 0.481 e. The van der Waals surface area contributed by atoms with Crippen LogP contribution in [0.2, 0.25) is 0 Å². The maximum Gasteiger partial charge on any atom is 0.514 e. The molecule has 1 aliphatic carbocycles. The molecule has 0 bridgehead atoms. The molecule has 10 heteroatoms. The fourth-order valence-electron chi connectivity index (χ4n) is 3.49. The van der Waals surface area contributed by atoms with Gasteiger partial charge >= 0.3 is 24.1 Å². The number of hydrogen-bond donors (Lipinski definition) is 1. The van der Waals surface area contributed by atoms with Gasteiger partial charge in [-0.05, 0) is 80.3 Å². The second-order valence-corrected chi connectivity index (χ2v) is 8.00. The van der Waals surface area contributed by atoms with Crippen LogP contribution in [0.1, 0.15) is 36.0 Å². The van der Waals surface area contributed by atoms with Gasteiger partial charge in [-0.15, -0.1) is 0 Å². The first-order chi connectivity index (χ1) is 17.2. The third kappa shape index (κ3) is 7.52. The van der Waals surface area contributed by atoms with Gasteiger partial charge in [-0.3, -0.25) is 14.4 Å². The highest BCUT2D eigenvalue weighted by Gasteiger charge is 2.30. The molecule has 10 nitrogen and oxygen atoms in total. The Balaban J connectivity index is 1.47. The molecule has 36 heavy (non-hydrogen) atoms. The summed E-state index contributed by atoms with van der Waals surface area (Å²) in [4.78, 5) is 58.4. The van der Waals surface area contributed by atoms with Crippen molar-refractivity contribution in [1.82, 2.24) is 0 Å². The van der Waals surface area contributed by atoms with Gasteiger partial charge in [0.1, 0.15) is 17.2 Å². The average Bonchev–Trinajstić information content (AvgIpc) is 2.88. The molecule has 1 N–H and O–H groups in total. The number of carbonyl (C=O) groups is 5. The van der Waals surface area contributed by atoms with Gasteiger partial charge in [0.2, 0.25) is 0 Å². The molecule has 0 saturated heterocycles. The fourth-order valence-corrected chi connectivity index (χ4v) is 3.49. The van der Waals surface area contributed by atoms with Crippen molar-refractivity contribution in [2.24, 2.45) is 11.8 Å². The second kappa shape index (κ2) is 12.3. The van der Waals surface area contributed by atoms with E-state index in [1.807, 2.05) is 0 Å². The minimum absolute atomic E-state index is 0.102. The molecule has 0 aromatic heterocycles. The molecule has 0 unspecified atom stereocenters. The molecule has 0 aliphatic heterocycles. The summed E-state index contributed by atoms with van der Waals surface area (Å²) >= 11 is 0. The molecule has 0 spiro atoms. The van der Waals surface area contributed by atoms with Crippen LogP contribution in [0.25, 0.3) is 0 Å². The number of aliphatic carboxylic acids is 1. The topological polar surface area (TPSA) is 142 Å². The molecule has 0 heterocycles. The van der Waals surface area contributed by atoms with Crippen molar-refractivity contribution in [3.63, 3.8) is 0 Å². The van der Waals surface area contributed by atoms with Crippen molar-refractivity contribution < 1.29 is 48.0 Å². The Morgan fingerprint density at radius 3 is 1.83 bits per heavy atom. The van der Waals surface area contributed by atoms with Crippen molar-refractivity contribution >= 4 is 29.8 Å². The molecule has 1 saturated carbocycles. The van der Waals surface area contributed by atoms with Crippen LogP contribution in [-0.2, 0) is 19.1 Å². The second-order valence-electron chi connectivity index (χ2n) is 8.00. The first-order valence-corrected chi connectivity index (χ1v) is 11.1. The molecular weight excluding hydrogens is 472 g/mol. The van der Waals surface area contributed by atoms with Gasteiger partial charge in [-0.1, -0.05) is 6.58 Å². The van der Waals surface area contributed by atoms with E-state index in [1.54, 1.807) is 0 Å². The van der Waals surface area contributed by atoms with Crippen molar-refractivity contribution in [2.45, 2.75) is 25.7 Å². The number of rotatable bonds is 9. The van der Waals surface area contributed by atoms with Gasteiger partial charge < -0.3 is 24.1 Å². The molecule has 2 aromatic carbocycles. The summed E-state index contributed by atoms with van der Waals surface area (Å²) < 4.78 is 20.2. The summed E-state index contributed by atoms with van der Waals surface area (Å²) in [6.07, 6.45) is 1.76. The Morgan fingerprint density at radius 2 is 1.28 bits per heavy atom. The third-order valence-electron chi connectivity index (χ3n) is 5.51. The number of ketones is 1. The summed E-state index contributed by atoms with van der Waals surface area (Å²) in [5.74, 6) is -2.55. The van der Waals surface area contributed by atoms with Gasteiger partial charge in [-0.25, -0.2) is 9.59 Å². The largest absolute Gasteiger partial charge is 0.514 e. The van der Waals surface area contributed by atoms with Crippen LogP contribution in [0.4, 0.5) is 4.79 Å². The number of carboxylic acids is 1. The van der Waals surface area contributed by atoms with Crippen LogP contribution in [0, 0.1) is 11.8 Å². The van der Waals surface area contributed by atoms with Crippen molar-refractivity contribution in [3.8, 4) is 17.2 Å². The Bertz CT molecular complexity index is 1130. The number of benzene rings is 2. The van der Waals surface area contributed by atoms with Gasteiger partial charge in [0.25, 0.3) is 0 Å². The highest BCUT2D eigenvalue weighted by atomic mass is 16.7. The first kappa shape index (κ1) is 26.1. The zero-order valence-corrected chi connectivity index (χ0v) is 19.2. The van der Waals surface area contributed by atoms with Crippen LogP contribution in [0.5, 0.6) is 17.2 Å². The molecular formula is C26H24O10. The van der Waals surface area contributed by atoms with E-state index in [0.717, 1.165) is 6.08 Å². The van der Waals surface area contributed by atoms with Crippen molar-refractivity contribution in [1.29, 1.82) is 0 Å². The van der Waals surface area contributed by atoms with Crippen molar-refractivity contribution in [3.05, 3.63) is 66.7 Å². The molecule has 2 aromatic rings. The molecule has 1 fully saturated rings. The first-order valence-electron chi connectivity index (χ1n) is 11.1. The lowest BCUT2D eigenvalue weighted by Gasteiger charge is -2.24. The SMILES string of the molecule is C=CC(=O)COC(=O)Oc1ccc(C(=O)Oc2ccc(OC(=O)C3CCC(C(=O)O)CC3)cc2)cc1. The summed E-state index contributed by atoms with van der Waals surface area (Å²) in [6.45, 7) is 2.77. The summed E-state index contributed by atoms with van der Waals surface area (Å²) in [5.41, 5.74) is 0.185. The predicted octanol–water partition coefficient (Wildman–Crippen LogP) is 3.97. The maximum atomic E-state index is 12.4. The van der Waals surface area contributed by atoms with Crippen molar-refractivity contribution in [2.75, 3.05) is 6.61 Å². The Hall–Kier alpha value is -4.47. The van der Waals surface area contributed by atoms with E-state index >= 15 is 0 Å². The maximum absolute atomic E-state index is 12.4. The predicted molar refractivity (Wildman–Crippen MR) is 124 cm³/mol. The minimum atomic E-state index is -1.07. The molecule has 188 valence electrons. The van der Waals surface area contributed by atoms with Crippen LogP contribution < -0.4 is 14.2 Å². The van der Waals surface area contributed by atoms with E-state index in [9.17, 15) is 24.0 Å². The normalized spacial score (nSPS) is 16.8. The number of carbonyl (C=O) groups excluding carboxylic acids is 4. The fraction of sp³-hybridized carbons (Fsp3) is 0.269. The number of esters is 2. The monoisotopic (exact) mass is 496 g/mol. The zero-order valence-electron chi connectivity index (χ0n) is 19.2. The van der Waals surface area contributed by atoms with Crippen LogP contribution in [-0.4, -0.2) is 41.6 Å². The average molecular weight is 496 g/mol. The molecule has 0 atom stereocenters. The van der Waals surface area contributed by atoms with Crippen LogP contribution >= 0.6 is 0 Å². The van der Waals surface area contributed by atoms with Gasteiger partial charge in [0.05, 0.1) is 17.4 Å². The quantitative estimate of drug-likeness (QED) is 0.234. The lowest BCUT2D eigenvalue weighted by Crippen LogP contribution is -2.28. The summed E-state index contributed by atoms with van der Waals surface area (Å²) in [7, 11) is 0. The van der Waals surface area contributed by atoms with Crippen LogP contribution in [0.15, 0.2) is 61.2 Å². The van der Waals surface area contributed by atoms with Crippen LogP contribution in [0.3, 0.4) is 0 Å². The summed E-state index contributed by atoms with van der Waals surface area (Å²) in [6, 6.07) is 11.4. The number of carboxylic acid groups (broad SMARTS) is 1.